The van der Waals surface area contributed by atoms with Crippen LogP contribution < -0.4 is 4.72 Å². The van der Waals surface area contributed by atoms with Crippen molar-refractivity contribution in [2.75, 3.05) is 4.72 Å². The molecule has 0 bridgehead atoms. The molecule has 2 rings (SSSR count). The van der Waals surface area contributed by atoms with Crippen molar-refractivity contribution in [2.24, 2.45) is 7.05 Å². The number of hydrogen-bond acceptors (Lipinski definition) is 4. The Kier molecular flexibility index (Phi) is 2.43. The smallest absolute Gasteiger partial charge is 0.279 e. The average Bonchev–Trinajstić information content (AvgIpc) is 2.75. The third-order valence-corrected chi connectivity index (χ3v) is 3.22. The molecule has 0 amide bonds. The van der Waals surface area contributed by atoms with Crippen molar-refractivity contribution in [1.29, 1.82) is 0 Å². The Balaban J connectivity index is 2.27. The molecule has 0 radical (unpaired) electrons. The van der Waals surface area contributed by atoms with Gasteiger partial charge in [-0.15, -0.1) is 0 Å². The summed E-state index contributed by atoms with van der Waals surface area (Å²) in [5, 5.41) is 3.90. The predicted molar refractivity (Wildman–Crippen MR) is 57.3 cm³/mol. The van der Waals surface area contributed by atoms with Crippen molar-refractivity contribution >= 4 is 15.7 Å². The molecule has 0 atom stereocenters. The van der Waals surface area contributed by atoms with E-state index in [9.17, 15) is 8.42 Å². The molecule has 2 N–H and O–H groups in total. The first-order valence-electron chi connectivity index (χ1n) is 4.50. The molecule has 2 aromatic heterocycles. The van der Waals surface area contributed by atoms with Gasteiger partial charge in [-0.25, -0.2) is 4.98 Å². The lowest BCUT2D eigenvalue weighted by Gasteiger charge is -2.02. The molecule has 0 aromatic carbocycles. The summed E-state index contributed by atoms with van der Waals surface area (Å²) < 4.78 is 27.5. The van der Waals surface area contributed by atoms with Crippen LogP contribution in [0.5, 0.6) is 0 Å². The van der Waals surface area contributed by atoms with Gasteiger partial charge in [-0.2, -0.15) is 13.5 Å². The van der Waals surface area contributed by atoms with Crippen LogP contribution in [0, 0.1) is 6.92 Å². The summed E-state index contributed by atoms with van der Waals surface area (Å²) in [5.41, 5.74) is 0.412. The SMILES string of the molecule is Cc1ncc(S(=O)(=O)Nc2cnn(C)c2)[nH]1. The van der Waals surface area contributed by atoms with Gasteiger partial charge in [-0.1, -0.05) is 0 Å². The summed E-state index contributed by atoms with van der Waals surface area (Å²) in [4.78, 5) is 6.49. The second-order valence-corrected chi connectivity index (χ2v) is 4.99. The van der Waals surface area contributed by atoms with Gasteiger partial charge in [-0.3, -0.25) is 9.40 Å². The van der Waals surface area contributed by atoms with Crippen molar-refractivity contribution < 1.29 is 8.42 Å². The largest absolute Gasteiger partial charge is 0.332 e. The summed E-state index contributed by atoms with van der Waals surface area (Å²) in [5.74, 6) is 0.548. The fourth-order valence-corrected chi connectivity index (χ4v) is 2.22. The van der Waals surface area contributed by atoms with Crippen LogP contribution in [0.25, 0.3) is 0 Å². The lowest BCUT2D eigenvalue weighted by atomic mass is 10.6. The van der Waals surface area contributed by atoms with Crippen LogP contribution in [0.15, 0.2) is 23.6 Å². The quantitative estimate of drug-likeness (QED) is 0.805. The summed E-state index contributed by atoms with van der Waals surface area (Å²) in [7, 11) is -1.89. The van der Waals surface area contributed by atoms with Crippen LogP contribution >= 0.6 is 0 Å². The van der Waals surface area contributed by atoms with Gasteiger partial charge in [-0.05, 0) is 6.92 Å². The Morgan fingerprint density at radius 1 is 1.44 bits per heavy atom. The highest BCUT2D eigenvalue weighted by molar-refractivity contribution is 7.92. The molecule has 8 heteroatoms. The minimum absolute atomic E-state index is 0.0360. The number of hydrogen-bond donors (Lipinski definition) is 2. The predicted octanol–water partition coefficient (Wildman–Crippen LogP) is 0.252. The van der Waals surface area contributed by atoms with Crippen LogP contribution in [0.1, 0.15) is 5.82 Å². The van der Waals surface area contributed by atoms with Gasteiger partial charge in [0.05, 0.1) is 18.1 Å². The zero-order valence-corrected chi connectivity index (χ0v) is 9.61. The van der Waals surface area contributed by atoms with E-state index in [0.29, 0.717) is 11.5 Å². The Bertz CT molecular complexity index is 597. The van der Waals surface area contributed by atoms with Crippen molar-refractivity contribution in [3.63, 3.8) is 0 Å². The van der Waals surface area contributed by atoms with Crippen LogP contribution in [0.2, 0.25) is 0 Å². The summed E-state index contributed by atoms with van der Waals surface area (Å²) in [6.45, 7) is 1.68. The molecule has 0 aliphatic heterocycles. The number of nitrogens with zero attached hydrogens (tertiary/aromatic N) is 3. The highest BCUT2D eigenvalue weighted by Crippen LogP contribution is 2.12. The summed E-state index contributed by atoms with van der Waals surface area (Å²) in [6.07, 6.45) is 4.27. The van der Waals surface area contributed by atoms with Crippen LogP contribution in [0.3, 0.4) is 0 Å². The Labute approximate surface area is 92.6 Å². The van der Waals surface area contributed by atoms with Crippen molar-refractivity contribution in [1.82, 2.24) is 19.7 Å². The maximum Gasteiger partial charge on any atom is 0.279 e. The third kappa shape index (κ3) is 2.06. The van der Waals surface area contributed by atoms with E-state index < -0.39 is 10.0 Å². The van der Waals surface area contributed by atoms with Crippen LogP contribution in [-0.4, -0.2) is 28.2 Å². The maximum absolute atomic E-state index is 11.8. The first kappa shape index (κ1) is 10.7. The molecule has 0 aliphatic rings. The number of anilines is 1. The van der Waals surface area contributed by atoms with E-state index in [1.807, 2.05) is 0 Å². The lowest BCUT2D eigenvalue weighted by molar-refractivity contribution is 0.598. The van der Waals surface area contributed by atoms with Gasteiger partial charge in [0.2, 0.25) is 0 Å². The molecule has 0 saturated carbocycles. The van der Waals surface area contributed by atoms with Crippen molar-refractivity contribution in [3.8, 4) is 0 Å². The van der Waals surface area contributed by atoms with Gasteiger partial charge in [0.25, 0.3) is 10.0 Å². The molecule has 2 aromatic rings. The highest BCUT2D eigenvalue weighted by atomic mass is 32.2. The van der Waals surface area contributed by atoms with Gasteiger partial charge in [0.15, 0.2) is 5.03 Å². The van der Waals surface area contributed by atoms with Gasteiger partial charge >= 0.3 is 0 Å². The second kappa shape index (κ2) is 3.63. The molecular formula is C8H11N5O2S. The maximum atomic E-state index is 11.8. The molecule has 0 unspecified atom stereocenters. The lowest BCUT2D eigenvalue weighted by Crippen LogP contribution is -2.12. The molecule has 16 heavy (non-hydrogen) atoms. The first-order valence-corrected chi connectivity index (χ1v) is 5.99. The van der Waals surface area contributed by atoms with E-state index >= 15 is 0 Å². The van der Waals surface area contributed by atoms with Crippen molar-refractivity contribution in [3.05, 3.63) is 24.4 Å². The van der Waals surface area contributed by atoms with E-state index in [1.54, 1.807) is 20.2 Å². The van der Waals surface area contributed by atoms with Gasteiger partial charge in [0, 0.05) is 13.2 Å². The molecule has 0 aliphatic carbocycles. The minimum Gasteiger partial charge on any atom is -0.332 e. The van der Waals surface area contributed by atoms with E-state index in [2.05, 4.69) is 19.8 Å². The van der Waals surface area contributed by atoms with Crippen molar-refractivity contribution in [2.45, 2.75) is 11.9 Å². The Hall–Kier alpha value is -1.83. The van der Waals surface area contributed by atoms with E-state index in [1.165, 1.54) is 17.1 Å². The van der Waals surface area contributed by atoms with Crippen LogP contribution in [-0.2, 0) is 17.1 Å². The molecule has 0 saturated heterocycles. The number of aryl methyl sites for hydroxylation is 2. The highest BCUT2D eigenvalue weighted by Gasteiger charge is 2.16. The second-order valence-electron chi connectivity index (χ2n) is 3.34. The zero-order chi connectivity index (χ0) is 11.8. The topological polar surface area (TPSA) is 92.7 Å². The number of imidazole rings is 1. The fourth-order valence-electron chi connectivity index (χ4n) is 1.22. The van der Waals surface area contributed by atoms with E-state index in [-0.39, 0.29) is 5.03 Å². The first-order chi connectivity index (χ1) is 7.47. The standard InChI is InChI=1S/C8H11N5O2S/c1-6-9-4-8(11-6)16(14,15)12-7-3-10-13(2)5-7/h3-5,12H,1-2H3,(H,9,11). The Morgan fingerprint density at radius 3 is 2.69 bits per heavy atom. The monoisotopic (exact) mass is 241 g/mol. The van der Waals surface area contributed by atoms with Gasteiger partial charge < -0.3 is 4.98 Å². The molecule has 86 valence electrons. The number of nitrogens with one attached hydrogen (secondary N) is 2. The molecule has 0 fully saturated rings. The fraction of sp³-hybridized carbons (Fsp3) is 0.250. The number of aromatic nitrogens is 4. The molecular weight excluding hydrogens is 230 g/mol. The van der Waals surface area contributed by atoms with Crippen LogP contribution in [0.4, 0.5) is 5.69 Å². The molecule has 7 nitrogen and oxygen atoms in total. The molecule has 2 heterocycles. The van der Waals surface area contributed by atoms with Gasteiger partial charge in [0.1, 0.15) is 5.82 Å². The zero-order valence-electron chi connectivity index (χ0n) is 8.80. The number of H-pyrrole nitrogens is 1. The molecule has 0 spiro atoms. The average molecular weight is 241 g/mol. The third-order valence-electron chi connectivity index (χ3n) is 1.93. The normalized spacial score (nSPS) is 11.6. The van der Waals surface area contributed by atoms with E-state index in [0.717, 1.165) is 0 Å². The number of aromatic amines is 1. The number of sulfonamides is 1. The van der Waals surface area contributed by atoms with E-state index in [4.69, 9.17) is 0 Å². The minimum atomic E-state index is -3.60. The number of rotatable bonds is 3. The summed E-state index contributed by atoms with van der Waals surface area (Å²) in [6, 6.07) is 0. The summed E-state index contributed by atoms with van der Waals surface area (Å²) >= 11 is 0. The Morgan fingerprint density at radius 2 is 2.19 bits per heavy atom.